The minimum Gasteiger partial charge on any atom is -0.478 e. The maximum Gasteiger partial charge on any atom is 0.336 e. The molecule has 0 aliphatic heterocycles. The number of carbonyl (C=O) groups is 1. The fraction of sp³-hybridized carbons (Fsp3) is 0.250. The molecular weight excluding hydrogens is 190 g/mol. The Hall–Kier alpha value is -1.79. The van der Waals surface area contributed by atoms with Gasteiger partial charge in [0.15, 0.2) is 0 Å². The molecule has 1 rings (SSSR count). The molecule has 78 valence electrons. The van der Waals surface area contributed by atoms with E-state index in [1.807, 2.05) is 7.05 Å². The molecule has 0 aliphatic rings. The number of aromatic carboxylic acids is 1. The monoisotopic (exact) mass is 203 g/mol. The van der Waals surface area contributed by atoms with Gasteiger partial charge in [-0.05, 0) is 19.2 Å². The van der Waals surface area contributed by atoms with Crippen LogP contribution in [-0.4, -0.2) is 24.7 Å². The van der Waals surface area contributed by atoms with E-state index in [1.54, 1.807) is 24.3 Å². The maximum absolute atomic E-state index is 10.8. The zero-order valence-electron chi connectivity index (χ0n) is 8.58. The summed E-state index contributed by atoms with van der Waals surface area (Å²) in [6.45, 7) is 0.808. The molecule has 1 aromatic carbocycles. The largest absolute Gasteiger partial charge is 0.478 e. The number of nitrogens with one attached hydrogen (secondary N) is 1. The first kappa shape index (κ1) is 11.3. The Labute approximate surface area is 89.1 Å². The van der Waals surface area contributed by atoms with Gasteiger partial charge in [0.25, 0.3) is 0 Å². The molecule has 3 nitrogen and oxygen atoms in total. The van der Waals surface area contributed by atoms with Crippen molar-refractivity contribution in [1.29, 1.82) is 0 Å². The summed E-state index contributed by atoms with van der Waals surface area (Å²) in [6, 6.07) is 6.76. The van der Waals surface area contributed by atoms with E-state index in [0.29, 0.717) is 12.0 Å². The lowest BCUT2D eigenvalue weighted by molar-refractivity contribution is 0.0696. The molecule has 0 saturated carbocycles. The Bertz CT molecular complexity index is 402. The third-order valence-electron chi connectivity index (χ3n) is 1.88. The van der Waals surface area contributed by atoms with Gasteiger partial charge in [-0.1, -0.05) is 24.0 Å². The Morgan fingerprint density at radius 1 is 1.47 bits per heavy atom. The molecule has 0 amide bonds. The standard InChI is InChI=1S/C12H13NO2/c1-13-9-5-4-7-10-6-2-3-8-11(10)12(14)15/h2-3,6,8,13H,5,9H2,1H3,(H,14,15). The lowest BCUT2D eigenvalue weighted by Gasteiger charge is -1.97. The third-order valence-corrected chi connectivity index (χ3v) is 1.88. The summed E-state index contributed by atoms with van der Waals surface area (Å²) < 4.78 is 0. The van der Waals surface area contributed by atoms with Crippen LogP contribution in [0.2, 0.25) is 0 Å². The molecule has 0 atom stereocenters. The molecule has 0 unspecified atom stereocenters. The molecule has 0 aliphatic carbocycles. The highest BCUT2D eigenvalue weighted by molar-refractivity contribution is 5.90. The van der Waals surface area contributed by atoms with Crippen molar-refractivity contribution in [2.24, 2.45) is 0 Å². The predicted molar refractivity (Wildman–Crippen MR) is 58.8 cm³/mol. The van der Waals surface area contributed by atoms with Gasteiger partial charge >= 0.3 is 5.97 Å². The summed E-state index contributed by atoms with van der Waals surface area (Å²) in [5.41, 5.74) is 0.829. The van der Waals surface area contributed by atoms with E-state index in [0.717, 1.165) is 6.54 Å². The predicted octanol–water partition coefficient (Wildman–Crippen LogP) is 1.35. The number of carboxylic acid groups (broad SMARTS) is 1. The van der Waals surface area contributed by atoms with Crippen LogP contribution in [0.4, 0.5) is 0 Å². The molecule has 0 heterocycles. The van der Waals surface area contributed by atoms with E-state index in [1.165, 1.54) is 0 Å². The Kier molecular flexibility index (Phi) is 4.39. The van der Waals surface area contributed by atoms with Crippen molar-refractivity contribution in [3.8, 4) is 11.8 Å². The molecule has 0 saturated heterocycles. The highest BCUT2D eigenvalue weighted by atomic mass is 16.4. The van der Waals surface area contributed by atoms with Crippen molar-refractivity contribution >= 4 is 5.97 Å². The summed E-state index contributed by atoms with van der Waals surface area (Å²) in [7, 11) is 1.85. The molecule has 15 heavy (non-hydrogen) atoms. The number of hydrogen-bond donors (Lipinski definition) is 2. The molecule has 0 fully saturated rings. The van der Waals surface area contributed by atoms with Crippen LogP contribution in [0.15, 0.2) is 24.3 Å². The first-order chi connectivity index (χ1) is 7.25. The highest BCUT2D eigenvalue weighted by Crippen LogP contribution is 2.06. The van der Waals surface area contributed by atoms with Gasteiger partial charge in [-0.25, -0.2) is 4.79 Å². The Morgan fingerprint density at radius 2 is 2.20 bits per heavy atom. The summed E-state index contributed by atoms with van der Waals surface area (Å²) in [5, 5.41) is 11.9. The van der Waals surface area contributed by atoms with Gasteiger partial charge in [0.2, 0.25) is 0 Å². The first-order valence-corrected chi connectivity index (χ1v) is 4.71. The fourth-order valence-electron chi connectivity index (χ4n) is 1.12. The van der Waals surface area contributed by atoms with E-state index in [2.05, 4.69) is 17.2 Å². The lowest BCUT2D eigenvalue weighted by atomic mass is 10.1. The molecule has 1 aromatic rings. The second-order valence-electron chi connectivity index (χ2n) is 3.01. The molecule has 0 radical (unpaired) electrons. The van der Waals surface area contributed by atoms with Crippen LogP contribution in [0, 0.1) is 11.8 Å². The zero-order chi connectivity index (χ0) is 11.1. The second kappa shape index (κ2) is 5.84. The molecule has 3 heteroatoms. The van der Waals surface area contributed by atoms with Crippen LogP contribution in [0.5, 0.6) is 0 Å². The van der Waals surface area contributed by atoms with Crippen molar-refractivity contribution in [3.05, 3.63) is 35.4 Å². The molecule has 0 spiro atoms. The summed E-state index contributed by atoms with van der Waals surface area (Å²) >= 11 is 0. The SMILES string of the molecule is CNCCC#Cc1ccccc1C(=O)O. The number of carboxylic acids is 1. The van der Waals surface area contributed by atoms with Gasteiger partial charge in [0.1, 0.15) is 0 Å². The van der Waals surface area contributed by atoms with Crippen molar-refractivity contribution in [2.45, 2.75) is 6.42 Å². The lowest BCUT2D eigenvalue weighted by Crippen LogP contribution is -2.06. The average molecular weight is 203 g/mol. The highest BCUT2D eigenvalue weighted by Gasteiger charge is 2.05. The van der Waals surface area contributed by atoms with E-state index in [-0.39, 0.29) is 5.56 Å². The number of rotatable bonds is 3. The van der Waals surface area contributed by atoms with E-state index in [4.69, 9.17) is 5.11 Å². The van der Waals surface area contributed by atoms with Gasteiger partial charge < -0.3 is 10.4 Å². The van der Waals surface area contributed by atoms with Crippen LogP contribution in [-0.2, 0) is 0 Å². The molecule has 0 aromatic heterocycles. The Morgan fingerprint density at radius 3 is 2.87 bits per heavy atom. The summed E-state index contributed by atoms with van der Waals surface area (Å²) in [5.74, 6) is 4.84. The van der Waals surface area contributed by atoms with Crippen LogP contribution in [0.1, 0.15) is 22.3 Å². The Balaban J connectivity index is 2.83. The smallest absolute Gasteiger partial charge is 0.336 e. The van der Waals surface area contributed by atoms with Gasteiger partial charge in [-0.2, -0.15) is 0 Å². The second-order valence-corrected chi connectivity index (χ2v) is 3.01. The van der Waals surface area contributed by atoms with Crippen molar-refractivity contribution in [3.63, 3.8) is 0 Å². The van der Waals surface area contributed by atoms with Crippen LogP contribution in [0.25, 0.3) is 0 Å². The summed E-state index contributed by atoms with van der Waals surface area (Å²) in [6.07, 6.45) is 0.713. The van der Waals surface area contributed by atoms with E-state index < -0.39 is 5.97 Å². The minimum atomic E-state index is -0.937. The van der Waals surface area contributed by atoms with Crippen LogP contribution in [0.3, 0.4) is 0 Å². The van der Waals surface area contributed by atoms with Crippen LogP contribution >= 0.6 is 0 Å². The molecule has 0 bridgehead atoms. The topological polar surface area (TPSA) is 49.3 Å². The van der Waals surface area contributed by atoms with E-state index in [9.17, 15) is 4.79 Å². The summed E-state index contributed by atoms with van der Waals surface area (Å²) in [4.78, 5) is 10.8. The van der Waals surface area contributed by atoms with Crippen molar-refractivity contribution in [2.75, 3.05) is 13.6 Å². The van der Waals surface area contributed by atoms with E-state index >= 15 is 0 Å². The number of benzene rings is 1. The molecule has 2 N–H and O–H groups in total. The fourth-order valence-corrected chi connectivity index (χ4v) is 1.12. The average Bonchev–Trinajstić information content (AvgIpc) is 2.25. The quantitative estimate of drug-likeness (QED) is 0.576. The van der Waals surface area contributed by atoms with Gasteiger partial charge in [0, 0.05) is 18.5 Å². The normalized spacial score (nSPS) is 9.13. The zero-order valence-corrected chi connectivity index (χ0v) is 8.58. The van der Waals surface area contributed by atoms with Gasteiger partial charge in [-0.3, -0.25) is 0 Å². The number of hydrogen-bond acceptors (Lipinski definition) is 2. The van der Waals surface area contributed by atoms with Gasteiger partial charge in [0.05, 0.1) is 5.56 Å². The van der Waals surface area contributed by atoms with Crippen LogP contribution < -0.4 is 5.32 Å². The van der Waals surface area contributed by atoms with Crippen molar-refractivity contribution < 1.29 is 9.90 Å². The maximum atomic E-state index is 10.8. The molecular formula is C12H13NO2. The minimum absolute atomic E-state index is 0.259. The third kappa shape index (κ3) is 3.45. The first-order valence-electron chi connectivity index (χ1n) is 4.71. The van der Waals surface area contributed by atoms with Gasteiger partial charge in [-0.15, -0.1) is 0 Å². The van der Waals surface area contributed by atoms with Crippen molar-refractivity contribution in [1.82, 2.24) is 5.32 Å².